The van der Waals surface area contributed by atoms with Crippen LogP contribution in [0.2, 0.25) is 0 Å². The van der Waals surface area contributed by atoms with Gasteiger partial charge < -0.3 is 4.90 Å². The van der Waals surface area contributed by atoms with E-state index in [9.17, 15) is 4.79 Å². The van der Waals surface area contributed by atoms with Crippen molar-refractivity contribution in [1.29, 1.82) is 0 Å². The highest BCUT2D eigenvalue weighted by atomic mass is 16.2. The quantitative estimate of drug-likeness (QED) is 0.700. The van der Waals surface area contributed by atoms with Crippen LogP contribution in [0.5, 0.6) is 0 Å². The molecule has 4 rings (SSSR count). The van der Waals surface area contributed by atoms with Gasteiger partial charge in [-0.2, -0.15) is 0 Å². The van der Waals surface area contributed by atoms with Gasteiger partial charge in [-0.3, -0.25) is 14.7 Å². The zero-order chi connectivity index (χ0) is 19.5. The highest BCUT2D eigenvalue weighted by Crippen LogP contribution is 2.21. The zero-order valence-electron chi connectivity index (χ0n) is 16.2. The van der Waals surface area contributed by atoms with E-state index in [0.29, 0.717) is 18.8 Å². The first-order valence-electron chi connectivity index (χ1n) is 9.54. The second kappa shape index (κ2) is 7.90. The molecule has 1 fully saturated rings. The molecule has 0 radical (unpaired) electrons. The predicted octanol–water partition coefficient (Wildman–Crippen LogP) is 2.49. The minimum atomic E-state index is -0.0629. The normalized spacial score (nSPS) is 16.1. The maximum atomic E-state index is 12.8. The molecule has 0 aliphatic carbocycles. The molecule has 1 aliphatic heterocycles. The van der Waals surface area contributed by atoms with Gasteiger partial charge in [-0.05, 0) is 37.6 Å². The molecule has 1 saturated heterocycles. The average molecular weight is 376 g/mol. The van der Waals surface area contributed by atoms with Crippen LogP contribution in [0.4, 0.5) is 0 Å². The second-order valence-electron chi connectivity index (χ2n) is 7.17. The van der Waals surface area contributed by atoms with E-state index < -0.39 is 0 Å². The fraction of sp³-hybridized carbons (Fsp3) is 0.333. The molecular formula is C21H24N6O. The lowest BCUT2D eigenvalue weighted by molar-refractivity contribution is 0.0576. The standard InChI is InChI=1S/C21H24N6O/c1-16-5-7-19(8-6-16)27-15-20(23-24-27)21(28)26-12-10-25(11-13-26)17(2)18-4-3-9-22-14-18/h3-9,14-15,17H,10-13H2,1-2H3. The van der Waals surface area contributed by atoms with Gasteiger partial charge >= 0.3 is 0 Å². The number of piperazine rings is 1. The van der Waals surface area contributed by atoms with Crippen LogP contribution in [-0.4, -0.2) is 61.9 Å². The van der Waals surface area contributed by atoms with Crippen molar-refractivity contribution in [1.82, 2.24) is 29.8 Å². The molecule has 0 N–H and O–H groups in total. The van der Waals surface area contributed by atoms with Crippen molar-refractivity contribution in [3.63, 3.8) is 0 Å². The molecule has 0 spiro atoms. The fourth-order valence-corrected chi connectivity index (χ4v) is 3.49. The lowest BCUT2D eigenvalue weighted by Crippen LogP contribution is -2.49. The molecule has 1 aromatic carbocycles. The van der Waals surface area contributed by atoms with Crippen molar-refractivity contribution in [2.24, 2.45) is 0 Å². The van der Waals surface area contributed by atoms with Crippen molar-refractivity contribution in [2.75, 3.05) is 26.2 Å². The molecule has 7 heteroatoms. The Hall–Kier alpha value is -3.06. The Balaban J connectivity index is 1.38. The van der Waals surface area contributed by atoms with Crippen LogP contribution in [0.25, 0.3) is 5.69 Å². The van der Waals surface area contributed by atoms with Crippen LogP contribution in [0.15, 0.2) is 55.0 Å². The van der Waals surface area contributed by atoms with Crippen molar-refractivity contribution >= 4 is 5.91 Å². The molecule has 1 amide bonds. The topological polar surface area (TPSA) is 67.2 Å². The van der Waals surface area contributed by atoms with Gasteiger partial charge in [0.15, 0.2) is 5.69 Å². The Morgan fingerprint density at radius 3 is 2.50 bits per heavy atom. The van der Waals surface area contributed by atoms with E-state index in [4.69, 9.17) is 0 Å². The monoisotopic (exact) mass is 376 g/mol. The number of benzene rings is 1. The number of carbonyl (C=O) groups excluding carboxylic acids is 1. The molecule has 0 saturated carbocycles. The van der Waals surface area contributed by atoms with E-state index in [-0.39, 0.29) is 11.9 Å². The molecule has 28 heavy (non-hydrogen) atoms. The SMILES string of the molecule is Cc1ccc(-n2cc(C(=O)N3CCN(C(C)c4cccnc4)CC3)nn2)cc1. The molecule has 1 aliphatic rings. The van der Waals surface area contributed by atoms with E-state index in [1.165, 1.54) is 11.1 Å². The molecule has 7 nitrogen and oxygen atoms in total. The number of aryl methyl sites for hydroxylation is 1. The summed E-state index contributed by atoms with van der Waals surface area (Å²) in [7, 11) is 0. The third-order valence-corrected chi connectivity index (χ3v) is 5.33. The van der Waals surface area contributed by atoms with E-state index in [2.05, 4.69) is 33.2 Å². The summed E-state index contributed by atoms with van der Waals surface area (Å²) in [4.78, 5) is 21.3. The van der Waals surface area contributed by atoms with Gasteiger partial charge in [-0.1, -0.05) is 29.0 Å². The van der Waals surface area contributed by atoms with Crippen LogP contribution in [0, 0.1) is 6.92 Å². The molecular weight excluding hydrogens is 352 g/mol. The van der Waals surface area contributed by atoms with Crippen LogP contribution in [0.3, 0.4) is 0 Å². The number of carbonyl (C=O) groups is 1. The van der Waals surface area contributed by atoms with Crippen LogP contribution < -0.4 is 0 Å². The highest BCUT2D eigenvalue weighted by molar-refractivity contribution is 5.92. The molecule has 144 valence electrons. The maximum Gasteiger partial charge on any atom is 0.276 e. The summed E-state index contributed by atoms with van der Waals surface area (Å²) in [5.74, 6) is -0.0629. The Bertz CT molecular complexity index is 929. The van der Waals surface area contributed by atoms with Crippen molar-refractivity contribution in [3.8, 4) is 5.69 Å². The molecule has 2 aromatic heterocycles. The van der Waals surface area contributed by atoms with E-state index >= 15 is 0 Å². The first kappa shape index (κ1) is 18.3. The summed E-state index contributed by atoms with van der Waals surface area (Å²) >= 11 is 0. The highest BCUT2D eigenvalue weighted by Gasteiger charge is 2.26. The van der Waals surface area contributed by atoms with Gasteiger partial charge in [0.1, 0.15) is 0 Å². The molecule has 1 unspecified atom stereocenters. The minimum Gasteiger partial charge on any atom is -0.335 e. The number of amides is 1. The number of nitrogens with zero attached hydrogens (tertiary/aromatic N) is 6. The van der Waals surface area contributed by atoms with E-state index in [1.807, 2.05) is 48.4 Å². The van der Waals surface area contributed by atoms with Crippen LogP contribution in [0.1, 0.15) is 34.6 Å². The summed E-state index contributed by atoms with van der Waals surface area (Å²) in [6.45, 7) is 7.24. The van der Waals surface area contributed by atoms with Gasteiger partial charge in [0.05, 0.1) is 11.9 Å². The van der Waals surface area contributed by atoms with Crippen LogP contribution in [-0.2, 0) is 0 Å². The van der Waals surface area contributed by atoms with Crippen molar-refractivity contribution < 1.29 is 4.79 Å². The Morgan fingerprint density at radius 2 is 1.82 bits per heavy atom. The lowest BCUT2D eigenvalue weighted by Gasteiger charge is -2.37. The Morgan fingerprint density at radius 1 is 1.07 bits per heavy atom. The minimum absolute atomic E-state index is 0.0629. The predicted molar refractivity (Wildman–Crippen MR) is 106 cm³/mol. The average Bonchev–Trinajstić information content (AvgIpc) is 3.24. The molecule has 0 bridgehead atoms. The Labute approximate surface area is 164 Å². The van der Waals surface area contributed by atoms with Gasteiger partial charge in [0.2, 0.25) is 0 Å². The lowest BCUT2D eigenvalue weighted by atomic mass is 10.1. The van der Waals surface area contributed by atoms with E-state index in [0.717, 1.165) is 18.8 Å². The summed E-state index contributed by atoms with van der Waals surface area (Å²) in [5, 5.41) is 8.21. The zero-order valence-corrected chi connectivity index (χ0v) is 16.2. The van der Waals surface area contributed by atoms with Crippen molar-refractivity contribution in [3.05, 3.63) is 71.8 Å². The summed E-state index contributed by atoms with van der Waals surface area (Å²) < 4.78 is 1.65. The number of hydrogen-bond donors (Lipinski definition) is 0. The van der Waals surface area contributed by atoms with Gasteiger partial charge in [0.25, 0.3) is 5.91 Å². The van der Waals surface area contributed by atoms with Gasteiger partial charge in [-0.15, -0.1) is 5.10 Å². The third-order valence-electron chi connectivity index (χ3n) is 5.33. The first-order chi connectivity index (χ1) is 13.6. The largest absolute Gasteiger partial charge is 0.335 e. The second-order valence-corrected chi connectivity index (χ2v) is 7.17. The smallest absolute Gasteiger partial charge is 0.276 e. The molecule has 3 aromatic rings. The number of hydrogen-bond acceptors (Lipinski definition) is 5. The first-order valence-corrected chi connectivity index (χ1v) is 9.54. The number of rotatable bonds is 4. The summed E-state index contributed by atoms with van der Waals surface area (Å²) in [5.41, 5.74) is 3.66. The molecule has 3 heterocycles. The third kappa shape index (κ3) is 3.80. The maximum absolute atomic E-state index is 12.8. The summed E-state index contributed by atoms with van der Waals surface area (Å²) in [6.07, 6.45) is 5.40. The van der Waals surface area contributed by atoms with Crippen molar-refractivity contribution in [2.45, 2.75) is 19.9 Å². The van der Waals surface area contributed by atoms with Gasteiger partial charge in [-0.25, -0.2) is 4.68 Å². The van der Waals surface area contributed by atoms with Gasteiger partial charge in [0, 0.05) is 44.6 Å². The number of pyridine rings is 1. The summed E-state index contributed by atoms with van der Waals surface area (Å²) in [6, 6.07) is 12.3. The Kier molecular flexibility index (Phi) is 5.16. The fourth-order valence-electron chi connectivity index (χ4n) is 3.49. The van der Waals surface area contributed by atoms with E-state index in [1.54, 1.807) is 17.1 Å². The van der Waals surface area contributed by atoms with Crippen LogP contribution >= 0.6 is 0 Å². The molecule has 1 atom stereocenters. The number of aromatic nitrogens is 4.